The normalized spacial score (nSPS) is 33.1. The molecule has 2 rings (SSSR count). The van der Waals surface area contributed by atoms with E-state index in [0.717, 1.165) is 24.3 Å². The van der Waals surface area contributed by atoms with Crippen LogP contribution in [0.5, 0.6) is 0 Å². The highest BCUT2D eigenvalue weighted by atomic mass is 16.3. The summed E-state index contributed by atoms with van der Waals surface area (Å²) in [6.07, 6.45) is 7.34. The Balaban J connectivity index is 1.81. The monoisotopic (exact) mass is 211 g/mol. The predicted molar refractivity (Wildman–Crippen MR) is 59.5 cm³/mol. The van der Waals surface area contributed by atoms with Crippen LogP contribution in [0.4, 0.5) is 0 Å². The van der Waals surface area contributed by atoms with Gasteiger partial charge in [-0.15, -0.1) is 0 Å². The maximum absolute atomic E-state index is 8.93. The van der Waals surface area contributed by atoms with Gasteiger partial charge in [-0.25, -0.2) is 0 Å². The summed E-state index contributed by atoms with van der Waals surface area (Å²) in [5, 5.41) is 17.9. The molecule has 0 aliphatic heterocycles. The topological polar surface area (TPSA) is 43.7 Å². The van der Waals surface area contributed by atoms with Crippen LogP contribution in [0, 0.1) is 17.8 Å². The maximum Gasteiger partial charge on any atom is 0.0558 e. The Morgan fingerprint density at radius 1 is 1.07 bits per heavy atom. The number of allylic oxidation sites excluding steroid dienone is 2. The van der Waals surface area contributed by atoms with Crippen LogP contribution in [0.1, 0.15) is 12.8 Å². The SMILES string of the molecule is OCCN(CCO)C[C@@H]1C[C@H]2C=C[C@H]1C2. The molecular formula is C12H21NO2. The molecule has 0 aromatic carbocycles. The van der Waals surface area contributed by atoms with Crippen LogP contribution in [-0.2, 0) is 0 Å². The van der Waals surface area contributed by atoms with Crippen LogP contribution < -0.4 is 0 Å². The molecule has 3 heteroatoms. The van der Waals surface area contributed by atoms with Crippen molar-refractivity contribution in [2.45, 2.75) is 12.8 Å². The van der Waals surface area contributed by atoms with Gasteiger partial charge in [0.25, 0.3) is 0 Å². The van der Waals surface area contributed by atoms with Crippen molar-refractivity contribution in [1.82, 2.24) is 4.90 Å². The average molecular weight is 211 g/mol. The van der Waals surface area contributed by atoms with Crippen molar-refractivity contribution < 1.29 is 10.2 Å². The molecule has 0 aromatic rings. The lowest BCUT2D eigenvalue weighted by atomic mass is 9.93. The number of nitrogens with zero attached hydrogens (tertiary/aromatic N) is 1. The lowest BCUT2D eigenvalue weighted by molar-refractivity contribution is 0.138. The molecule has 3 nitrogen and oxygen atoms in total. The smallest absolute Gasteiger partial charge is 0.0558 e. The van der Waals surface area contributed by atoms with Crippen molar-refractivity contribution in [3.8, 4) is 0 Å². The Morgan fingerprint density at radius 2 is 1.80 bits per heavy atom. The lowest BCUT2D eigenvalue weighted by Crippen LogP contribution is -2.35. The van der Waals surface area contributed by atoms with Gasteiger partial charge in [0.05, 0.1) is 13.2 Å². The fraction of sp³-hybridized carbons (Fsp3) is 0.833. The third-order valence-corrected chi connectivity index (χ3v) is 3.74. The number of hydrogen-bond acceptors (Lipinski definition) is 3. The summed E-state index contributed by atoms with van der Waals surface area (Å²) in [7, 11) is 0. The zero-order valence-corrected chi connectivity index (χ0v) is 9.18. The van der Waals surface area contributed by atoms with E-state index in [9.17, 15) is 0 Å². The van der Waals surface area contributed by atoms with Crippen LogP contribution >= 0.6 is 0 Å². The van der Waals surface area contributed by atoms with Crippen LogP contribution in [0.25, 0.3) is 0 Å². The molecular weight excluding hydrogens is 190 g/mol. The summed E-state index contributed by atoms with van der Waals surface area (Å²) in [6.45, 7) is 2.80. The van der Waals surface area contributed by atoms with Gasteiger partial charge in [0, 0.05) is 19.6 Å². The van der Waals surface area contributed by atoms with E-state index in [4.69, 9.17) is 10.2 Å². The van der Waals surface area contributed by atoms with Gasteiger partial charge in [0.15, 0.2) is 0 Å². The predicted octanol–water partition coefficient (Wildman–Crippen LogP) is 0.485. The molecule has 0 heterocycles. The number of hydrogen-bond donors (Lipinski definition) is 2. The first-order chi connectivity index (χ1) is 7.33. The van der Waals surface area contributed by atoms with Gasteiger partial charge in [-0.2, -0.15) is 0 Å². The van der Waals surface area contributed by atoms with Crippen molar-refractivity contribution in [2.75, 3.05) is 32.8 Å². The summed E-state index contributed by atoms with van der Waals surface area (Å²) in [6, 6.07) is 0. The molecule has 0 saturated heterocycles. The maximum atomic E-state index is 8.93. The fourth-order valence-electron chi connectivity index (χ4n) is 3.01. The van der Waals surface area contributed by atoms with E-state index in [0.29, 0.717) is 13.1 Å². The van der Waals surface area contributed by atoms with Crippen LogP contribution in [0.3, 0.4) is 0 Å². The van der Waals surface area contributed by atoms with E-state index in [-0.39, 0.29) is 13.2 Å². The van der Waals surface area contributed by atoms with Gasteiger partial charge in [-0.1, -0.05) is 12.2 Å². The molecule has 0 aromatic heterocycles. The van der Waals surface area contributed by atoms with Crippen LogP contribution in [0.15, 0.2) is 12.2 Å². The van der Waals surface area contributed by atoms with Crippen molar-refractivity contribution in [3.63, 3.8) is 0 Å². The number of rotatable bonds is 6. The molecule has 1 fully saturated rings. The molecule has 2 aliphatic rings. The number of fused-ring (bicyclic) bond motifs is 2. The molecule has 0 spiro atoms. The van der Waals surface area contributed by atoms with Gasteiger partial charge >= 0.3 is 0 Å². The highest BCUT2D eigenvalue weighted by Crippen LogP contribution is 2.43. The molecule has 2 N–H and O–H groups in total. The molecule has 2 bridgehead atoms. The van der Waals surface area contributed by atoms with E-state index in [1.54, 1.807) is 0 Å². The third-order valence-electron chi connectivity index (χ3n) is 3.74. The number of aliphatic hydroxyl groups excluding tert-OH is 2. The van der Waals surface area contributed by atoms with Crippen molar-refractivity contribution in [2.24, 2.45) is 17.8 Å². The lowest BCUT2D eigenvalue weighted by Gasteiger charge is -2.27. The van der Waals surface area contributed by atoms with Gasteiger partial charge in [-0.3, -0.25) is 4.90 Å². The van der Waals surface area contributed by atoms with Gasteiger partial charge in [-0.05, 0) is 30.6 Å². The van der Waals surface area contributed by atoms with Crippen molar-refractivity contribution >= 4 is 0 Å². The van der Waals surface area contributed by atoms with E-state index in [1.165, 1.54) is 12.8 Å². The summed E-state index contributed by atoms with van der Waals surface area (Å²) < 4.78 is 0. The molecule has 86 valence electrons. The highest BCUT2D eigenvalue weighted by Gasteiger charge is 2.36. The Hall–Kier alpha value is -0.380. The molecule has 3 atom stereocenters. The highest BCUT2D eigenvalue weighted by molar-refractivity contribution is 5.10. The molecule has 2 aliphatic carbocycles. The Morgan fingerprint density at radius 3 is 2.27 bits per heavy atom. The second-order valence-electron chi connectivity index (χ2n) is 4.79. The standard InChI is InChI=1S/C12H21NO2/c14-5-3-13(4-6-15)9-12-8-10-1-2-11(12)7-10/h1-2,10-12,14-15H,3-9H2/t10-,11-,12-/m0/s1. The van der Waals surface area contributed by atoms with Crippen LogP contribution in [0.2, 0.25) is 0 Å². The third kappa shape index (κ3) is 2.60. The second kappa shape index (κ2) is 5.10. The molecule has 0 unspecified atom stereocenters. The first kappa shape index (κ1) is 11.1. The van der Waals surface area contributed by atoms with E-state index in [2.05, 4.69) is 17.1 Å². The summed E-state index contributed by atoms with van der Waals surface area (Å²) in [5.74, 6) is 2.32. The van der Waals surface area contributed by atoms with Crippen LogP contribution in [-0.4, -0.2) is 48.0 Å². The Labute approximate surface area is 91.4 Å². The first-order valence-corrected chi connectivity index (χ1v) is 5.96. The quantitative estimate of drug-likeness (QED) is 0.628. The summed E-state index contributed by atoms with van der Waals surface area (Å²) in [4.78, 5) is 2.18. The number of aliphatic hydroxyl groups is 2. The second-order valence-corrected chi connectivity index (χ2v) is 4.79. The Bertz CT molecular complexity index is 224. The van der Waals surface area contributed by atoms with E-state index >= 15 is 0 Å². The minimum Gasteiger partial charge on any atom is -0.395 e. The fourth-order valence-corrected chi connectivity index (χ4v) is 3.01. The largest absolute Gasteiger partial charge is 0.395 e. The summed E-state index contributed by atoms with van der Waals surface area (Å²) >= 11 is 0. The molecule has 0 amide bonds. The minimum atomic E-state index is 0.191. The van der Waals surface area contributed by atoms with Crippen molar-refractivity contribution in [1.29, 1.82) is 0 Å². The molecule has 15 heavy (non-hydrogen) atoms. The van der Waals surface area contributed by atoms with Crippen molar-refractivity contribution in [3.05, 3.63) is 12.2 Å². The molecule has 1 saturated carbocycles. The first-order valence-electron chi connectivity index (χ1n) is 5.96. The minimum absolute atomic E-state index is 0.191. The summed E-state index contributed by atoms with van der Waals surface area (Å²) in [5.41, 5.74) is 0. The molecule has 0 radical (unpaired) electrons. The Kier molecular flexibility index (Phi) is 3.78. The zero-order chi connectivity index (χ0) is 10.7. The van der Waals surface area contributed by atoms with E-state index < -0.39 is 0 Å². The van der Waals surface area contributed by atoms with Gasteiger partial charge in [0.1, 0.15) is 0 Å². The van der Waals surface area contributed by atoms with Gasteiger partial charge in [0.2, 0.25) is 0 Å². The van der Waals surface area contributed by atoms with Gasteiger partial charge < -0.3 is 10.2 Å². The van der Waals surface area contributed by atoms with E-state index in [1.807, 2.05) is 0 Å². The average Bonchev–Trinajstić information content (AvgIpc) is 2.80. The zero-order valence-electron chi connectivity index (χ0n) is 9.18.